The summed E-state index contributed by atoms with van der Waals surface area (Å²) in [5.74, 6) is 1.00. The van der Waals surface area contributed by atoms with Crippen molar-refractivity contribution in [1.82, 2.24) is 10.6 Å². The average molecular weight is 352 g/mol. The van der Waals surface area contributed by atoms with Gasteiger partial charge in [-0.2, -0.15) is 0 Å². The van der Waals surface area contributed by atoms with E-state index in [1.807, 2.05) is 6.07 Å². The van der Waals surface area contributed by atoms with Crippen molar-refractivity contribution in [2.45, 2.75) is 13.0 Å². The minimum Gasteiger partial charge on any atom is -0.497 e. The van der Waals surface area contributed by atoms with Gasteiger partial charge >= 0.3 is 6.03 Å². The van der Waals surface area contributed by atoms with E-state index in [0.717, 1.165) is 0 Å². The van der Waals surface area contributed by atoms with Crippen molar-refractivity contribution in [3.05, 3.63) is 70.9 Å². The highest BCUT2D eigenvalue weighted by Gasteiger charge is 2.33. The fourth-order valence-corrected chi connectivity index (χ4v) is 3.03. The number of nitrogens with one attached hydrogen (secondary N) is 2. The van der Waals surface area contributed by atoms with Crippen molar-refractivity contribution in [2.75, 3.05) is 14.2 Å². The third-order valence-corrected chi connectivity index (χ3v) is 4.30. The lowest BCUT2D eigenvalue weighted by atomic mass is 9.89. The summed E-state index contributed by atoms with van der Waals surface area (Å²) in [6, 6.07) is 13.3. The summed E-state index contributed by atoms with van der Waals surface area (Å²) in [4.78, 5) is 25.2. The lowest BCUT2D eigenvalue weighted by Gasteiger charge is -2.29. The maximum atomic E-state index is 13.1. The fraction of sp³-hybridized carbons (Fsp3) is 0.200. The number of urea groups is 1. The van der Waals surface area contributed by atoms with Gasteiger partial charge in [0.15, 0.2) is 5.78 Å². The molecule has 0 aromatic heterocycles. The normalized spacial score (nSPS) is 16.6. The first-order valence-electron chi connectivity index (χ1n) is 8.15. The molecule has 2 N–H and O–H groups in total. The van der Waals surface area contributed by atoms with E-state index in [4.69, 9.17) is 9.47 Å². The molecule has 26 heavy (non-hydrogen) atoms. The second-order valence-electron chi connectivity index (χ2n) is 5.87. The van der Waals surface area contributed by atoms with Crippen LogP contribution in [0.2, 0.25) is 0 Å². The molecule has 1 aliphatic heterocycles. The number of carbonyl (C=O) groups excluding carboxylic acids is 2. The zero-order valence-corrected chi connectivity index (χ0v) is 14.8. The van der Waals surface area contributed by atoms with E-state index in [9.17, 15) is 9.59 Å². The van der Waals surface area contributed by atoms with E-state index in [1.165, 1.54) is 7.11 Å². The van der Waals surface area contributed by atoms with E-state index in [-0.39, 0.29) is 11.8 Å². The Hall–Kier alpha value is -3.28. The van der Waals surface area contributed by atoms with Crippen LogP contribution in [0.15, 0.2) is 59.8 Å². The van der Waals surface area contributed by atoms with Crippen molar-refractivity contribution < 1.29 is 19.1 Å². The number of rotatable bonds is 5. The van der Waals surface area contributed by atoms with Gasteiger partial charge in [-0.3, -0.25) is 4.79 Å². The Morgan fingerprint density at radius 2 is 1.77 bits per heavy atom. The Balaban J connectivity index is 2.11. The van der Waals surface area contributed by atoms with Gasteiger partial charge < -0.3 is 20.1 Å². The molecule has 6 heteroatoms. The highest BCUT2D eigenvalue weighted by Crippen LogP contribution is 2.36. The molecule has 3 rings (SSSR count). The average Bonchev–Trinajstić information content (AvgIpc) is 2.67. The molecule has 0 aliphatic carbocycles. The van der Waals surface area contributed by atoms with Crippen molar-refractivity contribution >= 4 is 11.8 Å². The molecule has 0 fully saturated rings. The van der Waals surface area contributed by atoms with Crippen molar-refractivity contribution in [3.63, 3.8) is 0 Å². The molecule has 2 aromatic carbocycles. The molecular weight excluding hydrogens is 332 g/mol. The number of ether oxygens (including phenoxy) is 2. The molecule has 0 saturated carbocycles. The summed E-state index contributed by atoms with van der Waals surface area (Å²) in [6.07, 6.45) is 0. The van der Waals surface area contributed by atoms with Gasteiger partial charge in [-0.1, -0.05) is 30.3 Å². The SMILES string of the molecule is COc1ccc(C2NC(=O)NC(C)=C2C(=O)c2ccccc2)c(OC)c1. The molecule has 134 valence electrons. The van der Waals surface area contributed by atoms with Crippen LogP contribution in [0.3, 0.4) is 0 Å². The van der Waals surface area contributed by atoms with E-state index in [1.54, 1.807) is 56.5 Å². The van der Waals surface area contributed by atoms with Crippen LogP contribution in [0.5, 0.6) is 11.5 Å². The Kier molecular flexibility index (Phi) is 4.93. The minimum atomic E-state index is -0.627. The van der Waals surface area contributed by atoms with Gasteiger partial charge in [0, 0.05) is 28.5 Å². The van der Waals surface area contributed by atoms with E-state index in [0.29, 0.717) is 33.9 Å². The smallest absolute Gasteiger partial charge is 0.319 e. The molecule has 1 aliphatic rings. The summed E-state index contributed by atoms with van der Waals surface area (Å²) >= 11 is 0. The van der Waals surface area contributed by atoms with Crippen LogP contribution in [0, 0.1) is 0 Å². The number of methoxy groups -OCH3 is 2. The van der Waals surface area contributed by atoms with Crippen LogP contribution in [-0.2, 0) is 0 Å². The molecule has 1 atom stereocenters. The topological polar surface area (TPSA) is 76.7 Å². The van der Waals surface area contributed by atoms with Crippen LogP contribution < -0.4 is 20.1 Å². The Labute approximate surface area is 151 Å². The fourth-order valence-electron chi connectivity index (χ4n) is 3.03. The third kappa shape index (κ3) is 3.26. The van der Waals surface area contributed by atoms with Gasteiger partial charge in [0.25, 0.3) is 0 Å². The standard InChI is InChI=1S/C20H20N2O4/c1-12-17(19(23)13-7-5-4-6-8-13)18(22-20(24)21-12)15-10-9-14(25-2)11-16(15)26-3/h4-11,18H,1-3H3,(H2,21,22,24). The molecule has 2 aromatic rings. The predicted octanol–water partition coefficient (Wildman–Crippen LogP) is 3.21. The highest BCUT2D eigenvalue weighted by molar-refractivity contribution is 6.11. The highest BCUT2D eigenvalue weighted by atomic mass is 16.5. The number of hydrogen-bond donors (Lipinski definition) is 2. The Morgan fingerprint density at radius 1 is 1.04 bits per heavy atom. The third-order valence-electron chi connectivity index (χ3n) is 4.30. The number of Topliss-reactive ketones (excluding diaryl/α,β-unsaturated/α-hetero) is 1. The Bertz CT molecular complexity index is 875. The number of ketones is 1. The van der Waals surface area contributed by atoms with Gasteiger partial charge in [0.05, 0.1) is 20.3 Å². The summed E-state index contributed by atoms with van der Waals surface area (Å²) in [7, 11) is 3.10. The van der Waals surface area contributed by atoms with Gasteiger partial charge in [-0.05, 0) is 19.1 Å². The molecule has 1 heterocycles. The van der Waals surface area contributed by atoms with E-state index < -0.39 is 6.04 Å². The lowest BCUT2D eigenvalue weighted by molar-refractivity contribution is 0.102. The number of hydrogen-bond acceptors (Lipinski definition) is 4. The summed E-state index contributed by atoms with van der Waals surface area (Å²) < 4.78 is 10.7. The van der Waals surface area contributed by atoms with Crippen LogP contribution in [0.25, 0.3) is 0 Å². The van der Waals surface area contributed by atoms with Crippen molar-refractivity contribution in [3.8, 4) is 11.5 Å². The molecule has 0 saturated heterocycles. The van der Waals surface area contributed by atoms with Gasteiger partial charge in [0.1, 0.15) is 11.5 Å². The maximum Gasteiger partial charge on any atom is 0.319 e. The quantitative estimate of drug-likeness (QED) is 0.810. The lowest BCUT2D eigenvalue weighted by Crippen LogP contribution is -2.45. The number of amides is 2. The molecule has 2 amide bonds. The predicted molar refractivity (Wildman–Crippen MR) is 97.4 cm³/mol. The van der Waals surface area contributed by atoms with Gasteiger partial charge in [0.2, 0.25) is 0 Å². The van der Waals surface area contributed by atoms with Gasteiger partial charge in [-0.25, -0.2) is 4.79 Å². The zero-order valence-electron chi connectivity index (χ0n) is 14.8. The minimum absolute atomic E-state index is 0.154. The van der Waals surface area contributed by atoms with Crippen LogP contribution >= 0.6 is 0 Å². The molecule has 0 radical (unpaired) electrons. The molecule has 0 spiro atoms. The zero-order chi connectivity index (χ0) is 18.7. The molecule has 6 nitrogen and oxygen atoms in total. The van der Waals surface area contributed by atoms with Crippen molar-refractivity contribution in [1.29, 1.82) is 0 Å². The summed E-state index contributed by atoms with van der Waals surface area (Å²) in [5.41, 5.74) is 2.23. The second kappa shape index (κ2) is 7.31. The largest absolute Gasteiger partial charge is 0.497 e. The molecule has 0 bridgehead atoms. The van der Waals surface area contributed by atoms with Crippen LogP contribution in [0.1, 0.15) is 28.9 Å². The first-order valence-corrected chi connectivity index (χ1v) is 8.15. The monoisotopic (exact) mass is 352 g/mol. The molecule has 1 unspecified atom stereocenters. The first kappa shape index (κ1) is 17.5. The second-order valence-corrected chi connectivity index (χ2v) is 5.87. The number of benzene rings is 2. The van der Waals surface area contributed by atoms with Crippen molar-refractivity contribution in [2.24, 2.45) is 0 Å². The van der Waals surface area contributed by atoms with E-state index in [2.05, 4.69) is 10.6 Å². The number of allylic oxidation sites excluding steroid dienone is 1. The first-order chi connectivity index (χ1) is 12.5. The van der Waals surface area contributed by atoms with Gasteiger partial charge in [-0.15, -0.1) is 0 Å². The summed E-state index contributed by atoms with van der Waals surface area (Å²) in [6.45, 7) is 1.72. The van der Waals surface area contributed by atoms with Crippen LogP contribution in [-0.4, -0.2) is 26.0 Å². The Morgan fingerprint density at radius 3 is 2.42 bits per heavy atom. The molecular formula is C20H20N2O4. The van der Waals surface area contributed by atoms with E-state index >= 15 is 0 Å². The maximum absolute atomic E-state index is 13.1. The van der Waals surface area contributed by atoms with Crippen LogP contribution in [0.4, 0.5) is 4.79 Å². The number of carbonyl (C=O) groups is 2. The summed E-state index contributed by atoms with van der Waals surface area (Å²) in [5, 5.41) is 5.51.